The maximum Gasteiger partial charge on any atom is 0.0530 e. The van der Waals surface area contributed by atoms with E-state index in [9.17, 15) is 5.11 Å². The summed E-state index contributed by atoms with van der Waals surface area (Å²) in [6.45, 7) is 11.3. The Morgan fingerprint density at radius 1 is 1.19 bits per heavy atom. The molecule has 1 aliphatic carbocycles. The molecule has 1 aromatic carbocycles. The third-order valence-electron chi connectivity index (χ3n) is 4.60. The molecule has 88 valence electrons. The highest BCUT2D eigenvalue weighted by molar-refractivity contribution is 5.51. The Bertz CT molecular complexity index is 403. The Balaban J connectivity index is 2.65. The molecule has 2 unspecified atom stereocenters. The molecule has 1 heteroatoms. The molecule has 1 N–H and O–H groups in total. The molecule has 0 heterocycles. The van der Waals surface area contributed by atoms with Crippen molar-refractivity contribution >= 4 is 0 Å². The van der Waals surface area contributed by atoms with Crippen LogP contribution in [-0.4, -0.2) is 11.7 Å². The molecule has 0 spiro atoms. The lowest BCUT2D eigenvalue weighted by atomic mass is 9.83. The van der Waals surface area contributed by atoms with Gasteiger partial charge in [0.15, 0.2) is 0 Å². The number of benzene rings is 1. The average Bonchev–Trinajstić information content (AvgIpc) is 2.88. The molecule has 2 rings (SSSR count). The standard InChI is InChI=1S/C15H22O/c1-9-6-10(2)13(5)14(12(9)4)15(8-16)7-11(15)3/h6,11,16H,7-8H2,1-5H3. The smallest absolute Gasteiger partial charge is 0.0530 e. The zero-order valence-corrected chi connectivity index (χ0v) is 11.0. The molecule has 0 amide bonds. The van der Waals surface area contributed by atoms with Crippen LogP contribution in [0.25, 0.3) is 0 Å². The van der Waals surface area contributed by atoms with Gasteiger partial charge in [-0.05, 0) is 67.9 Å². The number of hydrogen-bond acceptors (Lipinski definition) is 1. The zero-order chi connectivity index (χ0) is 12.1. The van der Waals surface area contributed by atoms with Gasteiger partial charge in [-0.3, -0.25) is 0 Å². The van der Waals surface area contributed by atoms with Gasteiger partial charge in [0, 0.05) is 5.41 Å². The van der Waals surface area contributed by atoms with Crippen molar-refractivity contribution in [1.82, 2.24) is 0 Å². The van der Waals surface area contributed by atoms with Crippen molar-refractivity contribution in [1.29, 1.82) is 0 Å². The molecule has 1 aromatic rings. The molecular weight excluding hydrogens is 196 g/mol. The van der Waals surface area contributed by atoms with E-state index in [2.05, 4.69) is 40.7 Å². The molecule has 1 nitrogen and oxygen atoms in total. The summed E-state index contributed by atoms with van der Waals surface area (Å²) in [6, 6.07) is 2.26. The van der Waals surface area contributed by atoms with Crippen LogP contribution in [0.4, 0.5) is 0 Å². The van der Waals surface area contributed by atoms with E-state index >= 15 is 0 Å². The number of hydrogen-bond donors (Lipinski definition) is 1. The first-order chi connectivity index (χ1) is 7.44. The highest BCUT2D eigenvalue weighted by Crippen LogP contribution is 2.55. The monoisotopic (exact) mass is 218 g/mol. The molecule has 0 saturated heterocycles. The first kappa shape index (κ1) is 11.7. The summed E-state index contributed by atoms with van der Waals surface area (Å²) in [6.07, 6.45) is 1.13. The maximum absolute atomic E-state index is 9.71. The predicted molar refractivity (Wildman–Crippen MR) is 67.9 cm³/mol. The van der Waals surface area contributed by atoms with Crippen molar-refractivity contribution in [3.8, 4) is 0 Å². The number of rotatable bonds is 2. The van der Waals surface area contributed by atoms with Crippen LogP contribution in [0, 0.1) is 33.6 Å². The van der Waals surface area contributed by atoms with Gasteiger partial charge in [-0.1, -0.05) is 13.0 Å². The highest BCUT2D eigenvalue weighted by Gasteiger charge is 2.53. The van der Waals surface area contributed by atoms with E-state index in [1.165, 1.54) is 27.8 Å². The van der Waals surface area contributed by atoms with Crippen molar-refractivity contribution in [3.63, 3.8) is 0 Å². The molecule has 0 radical (unpaired) electrons. The van der Waals surface area contributed by atoms with Crippen molar-refractivity contribution in [2.75, 3.05) is 6.61 Å². The van der Waals surface area contributed by atoms with Crippen LogP contribution in [0.5, 0.6) is 0 Å². The second-order valence-corrected chi connectivity index (χ2v) is 5.55. The second-order valence-electron chi connectivity index (χ2n) is 5.55. The normalized spacial score (nSPS) is 28.2. The van der Waals surface area contributed by atoms with Crippen LogP contribution in [0.2, 0.25) is 0 Å². The SMILES string of the molecule is Cc1cc(C)c(C)c(C2(CO)CC2C)c1C. The van der Waals surface area contributed by atoms with Crippen LogP contribution in [-0.2, 0) is 5.41 Å². The Kier molecular flexibility index (Phi) is 2.62. The fourth-order valence-corrected chi connectivity index (χ4v) is 3.10. The average molecular weight is 218 g/mol. The molecule has 0 aromatic heterocycles. The van der Waals surface area contributed by atoms with Gasteiger partial charge in [0.05, 0.1) is 6.61 Å². The minimum absolute atomic E-state index is 0.0605. The van der Waals surface area contributed by atoms with E-state index in [0.29, 0.717) is 12.5 Å². The van der Waals surface area contributed by atoms with Gasteiger partial charge in [0.1, 0.15) is 0 Å². The van der Waals surface area contributed by atoms with Gasteiger partial charge in [-0.2, -0.15) is 0 Å². The van der Waals surface area contributed by atoms with Gasteiger partial charge in [0.25, 0.3) is 0 Å². The third kappa shape index (κ3) is 1.41. The van der Waals surface area contributed by atoms with E-state index in [0.717, 1.165) is 6.42 Å². The fourth-order valence-electron chi connectivity index (χ4n) is 3.10. The summed E-state index contributed by atoms with van der Waals surface area (Å²) in [5.74, 6) is 0.621. The van der Waals surface area contributed by atoms with Crippen LogP contribution < -0.4 is 0 Å². The zero-order valence-electron chi connectivity index (χ0n) is 11.0. The Labute approximate surface area is 98.5 Å². The van der Waals surface area contributed by atoms with Crippen molar-refractivity contribution in [2.24, 2.45) is 5.92 Å². The minimum Gasteiger partial charge on any atom is -0.395 e. The summed E-state index contributed by atoms with van der Waals surface area (Å²) in [5, 5.41) is 9.71. The van der Waals surface area contributed by atoms with E-state index in [1.54, 1.807) is 0 Å². The molecule has 16 heavy (non-hydrogen) atoms. The molecule has 0 aliphatic heterocycles. The lowest BCUT2D eigenvalue weighted by molar-refractivity contribution is 0.246. The van der Waals surface area contributed by atoms with Gasteiger partial charge in [-0.15, -0.1) is 0 Å². The van der Waals surface area contributed by atoms with Gasteiger partial charge in [-0.25, -0.2) is 0 Å². The fraction of sp³-hybridized carbons (Fsp3) is 0.600. The van der Waals surface area contributed by atoms with Gasteiger partial charge >= 0.3 is 0 Å². The third-order valence-corrected chi connectivity index (χ3v) is 4.60. The Hall–Kier alpha value is -0.820. The van der Waals surface area contributed by atoms with E-state index < -0.39 is 0 Å². The maximum atomic E-state index is 9.71. The molecule has 1 aliphatic rings. The number of aliphatic hydroxyl groups excluding tert-OH is 1. The lowest BCUT2D eigenvalue weighted by Crippen LogP contribution is -2.19. The summed E-state index contributed by atoms with van der Waals surface area (Å²) >= 11 is 0. The van der Waals surface area contributed by atoms with Crippen LogP contribution in [0.3, 0.4) is 0 Å². The highest BCUT2D eigenvalue weighted by atomic mass is 16.3. The first-order valence-corrected chi connectivity index (χ1v) is 6.12. The topological polar surface area (TPSA) is 20.2 Å². The predicted octanol–water partition coefficient (Wildman–Crippen LogP) is 3.19. The van der Waals surface area contributed by atoms with Crippen molar-refractivity contribution in [3.05, 3.63) is 33.9 Å². The number of aliphatic hydroxyl groups is 1. The minimum atomic E-state index is 0.0605. The van der Waals surface area contributed by atoms with Crippen LogP contribution in [0.15, 0.2) is 6.07 Å². The summed E-state index contributed by atoms with van der Waals surface area (Å²) in [4.78, 5) is 0. The molecule has 0 bridgehead atoms. The van der Waals surface area contributed by atoms with Crippen LogP contribution in [0.1, 0.15) is 41.2 Å². The Morgan fingerprint density at radius 3 is 1.94 bits per heavy atom. The van der Waals surface area contributed by atoms with E-state index in [4.69, 9.17) is 0 Å². The first-order valence-electron chi connectivity index (χ1n) is 6.12. The summed E-state index contributed by atoms with van der Waals surface area (Å²) < 4.78 is 0. The molecule has 1 fully saturated rings. The molecule has 2 atom stereocenters. The van der Waals surface area contributed by atoms with Crippen LogP contribution >= 0.6 is 0 Å². The Morgan fingerprint density at radius 2 is 1.62 bits per heavy atom. The largest absolute Gasteiger partial charge is 0.395 e. The summed E-state index contributed by atoms with van der Waals surface area (Å²) in [7, 11) is 0. The van der Waals surface area contributed by atoms with Crippen molar-refractivity contribution in [2.45, 2.75) is 46.5 Å². The van der Waals surface area contributed by atoms with E-state index in [1.807, 2.05) is 0 Å². The summed E-state index contributed by atoms with van der Waals surface area (Å²) in [5.41, 5.74) is 6.93. The molecule has 1 saturated carbocycles. The van der Waals surface area contributed by atoms with E-state index in [-0.39, 0.29) is 5.41 Å². The van der Waals surface area contributed by atoms with Gasteiger partial charge in [0.2, 0.25) is 0 Å². The van der Waals surface area contributed by atoms with Crippen molar-refractivity contribution < 1.29 is 5.11 Å². The lowest BCUT2D eigenvalue weighted by Gasteiger charge is -2.23. The van der Waals surface area contributed by atoms with Gasteiger partial charge < -0.3 is 5.11 Å². The quantitative estimate of drug-likeness (QED) is 0.808. The molecular formula is C15H22O. The number of aryl methyl sites for hydroxylation is 2. The second kappa shape index (κ2) is 3.59.